The molecule has 0 spiro atoms. The molecule has 1 aromatic heterocycles. The van der Waals surface area contributed by atoms with Gasteiger partial charge in [0.1, 0.15) is 6.17 Å². The maximum atomic E-state index is 4.98. The first-order chi connectivity index (χ1) is 20.1. The normalized spacial score (nSPS) is 23.6. The molecule has 4 heteroatoms. The van der Waals surface area contributed by atoms with Crippen LogP contribution in [-0.2, 0) is 5.41 Å². The van der Waals surface area contributed by atoms with Crippen LogP contribution in [-0.4, -0.2) is 16.1 Å². The van der Waals surface area contributed by atoms with Crippen molar-refractivity contribution >= 4 is 23.0 Å². The fourth-order valence-corrected chi connectivity index (χ4v) is 7.59. The van der Waals surface area contributed by atoms with Crippen molar-refractivity contribution in [2.24, 2.45) is 5.41 Å². The third-order valence-corrected chi connectivity index (χ3v) is 10.3. The summed E-state index contributed by atoms with van der Waals surface area (Å²) in [6.07, 6.45) is 8.49. The Morgan fingerprint density at radius 3 is 1.86 bits per heavy atom. The third kappa shape index (κ3) is 3.53. The molecule has 3 atom stereocenters. The molecular formula is C38H42N4. The molecule has 0 N–H and O–H groups in total. The third-order valence-electron chi connectivity index (χ3n) is 10.3. The van der Waals surface area contributed by atoms with Crippen LogP contribution >= 0.6 is 0 Å². The molecule has 0 saturated heterocycles. The van der Waals surface area contributed by atoms with Gasteiger partial charge >= 0.3 is 0 Å². The maximum absolute atomic E-state index is 4.98. The van der Waals surface area contributed by atoms with E-state index in [4.69, 9.17) is 9.97 Å². The van der Waals surface area contributed by atoms with Gasteiger partial charge in [0.05, 0.1) is 0 Å². The van der Waals surface area contributed by atoms with Crippen LogP contribution in [0, 0.1) is 5.41 Å². The van der Waals surface area contributed by atoms with Gasteiger partial charge in [0.25, 0.3) is 0 Å². The maximum Gasteiger partial charge on any atom is 0.178 e. The summed E-state index contributed by atoms with van der Waals surface area (Å²) in [6.45, 7) is 18.7. The SMILES string of the molecule is CC(C)c1cc(C(C)C)c(-c2ccc3c(c2)N2c4nccnc4N(c4ccccc4)C2C2(C)C=CC32C)c(C(C)C)c1. The molecule has 7 rings (SSSR count). The molecule has 0 fully saturated rings. The predicted molar refractivity (Wildman–Crippen MR) is 175 cm³/mol. The second-order valence-corrected chi connectivity index (χ2v) is 13.7. The zero-order valence-electron chi connectivity index (χ0n) is 26.2. The van der Waals surface area contributed by atoms with Crippen molar-refractivity contribution in [1.82, 2.24) is 9.97 Å². The van der Waals surface area contributed by atoms with E-state index in [2.05, 4.69) is 138 Å². The Morgan fingerprint density at radius 2 is 1.31 bits per heavy atom. The van der Waals surface area contributed by atoms with E-state index >= 15 is 0 Å². The van der Waals surface area contributed by atoms with Crippen molar-refractivity contribution < 1.29 is 0 Å². The zero-order valence-corrected chi connectivity index (χ0v) is 26.2. The second kappa shape index (κ2) is 9.29. The molecule has 3 heterocycles. The molecule has 4 nitrogen and oxygen atoms in total. The van der Waals surface area contributed by atoms with E-state index in [1.165, 1.54) is 39.1 Å². The summed E-state index contributed by atoms with van der Waals surface area (Å²) in [4.78, 5) is 14.8. The van der Waals surface area contributed by atoms with Crippen LogP contribution in [0.15, 0.2) is 85.2 Å². The molecule has 3 unspecified atom stereocenters. The van der Waals surface area contributed by atoms with Crippen LogP contribution in [0.1, 0.15) is 95.4 Å². The molecule has 0 amide bonds. The minimum Gasteiger partial charge on any atom is -0.301 e. The van der Waals surface area contributed by atoms with Crippen LogP contribution < -0.4 is 9.80 Å². The lowest BCUT2D eigenvalue weighted by atomic mass is 9.50. The number of fused-ring (bicyclic) bond motifs is 8. The lowest BCUT2D eigenvalue weighted by Crippen LogP contribution is -2.64. The number of hydrogen-bond acceptors (Lipinski definition) is 4. The first-order valence-electron chi connectivity index (χ1n) is 15.5. The summed E-state index contributed by atoms with van der Waals surface area (Å²) in [5, 5.41) is 0. The Hall–Kier alpha value is -3.92. The molecule has 42 heavy (non-hydrogen) atoms. The van der Waals surface area contributed by atoms with Gasteiger partial charge in [-0.05, 0) is 69.3 Å². The molecule has 1 aliphatic carbocycles. The Balaban J connectivity index is 1.50. The minimum atomic E-state index is -0.134. The monoisotopic (exact) mass is 554 g/mol. The number of anilines is 4. The average Bonchev–Trinajstić information content (AvgIpc) is 3.34. The molecule has 0 bridgehead atoms. The first kappa shape index (κ1) is 26.9. The molecule has 3 aromatic carbocycles. The topological polar surface area (TPSA) is 32.3 Å². The average molecular weight is 555 g/mol. The predicted octanol–water partition coefficient (Wildman–Crippen LogP) is 9.98. The summed E-state index contributed by atoms with van der Waals surface area (Å²) in [5.74, 6) is 3.18. The lowest BCUT2D eigenvalue weighted by Gasteiger charge is -2.61. The smallest absolute Gasteiger partial charge is 0.178 e. The van der Waals surface area contributed by atoms with Gasteiger partial charge in [-0.2, -0.15) is 0 Å². The highest BCUT2D eigenvalue weighted by molar-refractivity contribution is 5.90. The van der Waals surface area contributed by atoms with Gasteiger partial charge in [-0.1, -0.05) is 110 Å². The lowest BCUT2D eigenvalue weighted by molar-refractivity contribution is 0.174. The minimum absolute atomic E-state index is 0.0208. The summed E-state index contributed by atoms with van der Waals surface area (Å²) in [5.41, 5.74) is 10.5. The number of rotatable bonds is 5. The zero-order chi connectivity index (χ0) is 29.6. The molecule has 0 radical (unpaired) electrons. The van der Waals surface area contributed by atoms with Gasteiger partial charge in [0.2, 0.25) is 0 Å². The Kier molecular flexibility index (Phi) is 5.96. The number of allylic oxidation sites excluding steroid dienone is 1. The van der Waals surface area contributed by atoms with E-state index in [-0.39, 0.29) is 17.0 Å². The molecule has 3 aliphatic rings. The highest BCUT2D eigenvalue weighted by Gasteiger charge is 2.64. The van der Waals surface area contributed by atoms with Crippen molar-refractivity contribution in [2.75, 3.05) is 9.80 Å². The summed E-state index contributed by atoms with van der Waals surface area (Å²) in [7, 11) is 0. The summed E-state index contributed by atoms with van der Waals surface area (Å²) in [6, 6.07) is 22.8. The van der Waals surface area contributed by atoms with E-state index in [1.54, 1.807) is 0 Å². The van der Waals surface area contributed by atoms with Crippen LogP contribution in [0.2, 0.25) is 0 Å². The molecular weight excluding hydrogens is 512 g/mol. The number of para-hydroxylation sites is 1. The second-order valence-electron chi connectivity index (χ2n) is 13.7. The van der Waals surface area contributed by atoms with Gasteiger partial charge in [-0.15, -0.1) is 0 Å². The van der Waals surface area contributed by atoms with Gasteiger partial charge in [0, 0.05) is 34.6 Å². The van der Waals surface area contributed by atoms with Gasteiger partial charge in [0.15, 0.2) is 11.6 Å². The van der Waals surface area contributed by atoms with E-state index in [1.807, 2.05) is 12.4 Å². The Bertz CT molecular complexity index is 1690. The molecule has 214 valence electrons. The fraction of sp³-hybridized carbons (Fsp3) is 0.368. The summed E-state index contributed by atoms with van der Waals surface area (Å²) < 4.78 is 0. The van der Waals surface area contributed by atoms with Crippen molar-refractivity contribution in [1.29, 1.82) is 0 Å². The van der Waals surface area contributed by atoms with Crippen LogP contribution in [0.5, 0.6) is 0 Å². The van der Waals surface area contributed by atoms with E-state index in [9.17, 15) is 0 Å². The van der Waals surface area contributed by atoms with E-state index in [0.29, 0.717) is 17.8 Å². The highest BCUT2D eigenvalue weighted by atomic mass is 15.5. The standard InChI is InChI=1S/C38H42N4/c1-23(2)27-20-29(24(3)4)33(30(21-27)25(5)6)26-14-15-31-32(22-26)42-35-34(39-18-19-40-35)41(28-12-10-9-11-13-28)36(42)38(8)17-16-37(31,38)7/h9-25,36H,1-8H3. The van der Waals surface area contributed by atoms with Crippen LogP contribution in [0.25, 0.3) is 11.1 Å². The fourth-order valence-electron chi connectivity index (χ4n) is 7.59. The largest absolute Gasteiger partial charge is 0.301 e. The quantitative estimate of drug-likeness (QED) is 0.230. The first-order valence-corrected chi connectivity index (χ1v) is 15.5. The van der Waals surface area contributed by atoms with Gasteiger partial charge in [-0.25, -0.2) is 9.97 Å². The van der Waals surface area contributed by atoms with Gasteiger partial charge in [-0.3, -0.25) is 0 Å². The van der Waals surface area contributed by atoms with Crippen LogP contribution in [0.3, 0.4) is 0 Å². The van der Waals surface area contributed by atoms with Crippen molar-refractivity contribution in [3.8, 4) is 11.1 Å². The van der Waals surface area contributed by atoms with E-state index < -0.39 is 0 Å². The Labute approximate surface area is 251 Å². The van der Waals surface area contributed by atoms with Crippen molar-refractivity contribution in [3.63, 3.8) is 0 Å². The summed E-state index contributed by atoms with van der Waals surface area (Å²) >= 11 is 0. The Morgan fingerprint density at radius 1 is 0.690 bits per heavy atom. The highest BCUT2D eigenvalue weighted by Crippen LogP contribution is 2.66. The molecule has 0 saturated carbocycles. The molecule has 2 aliphatic heterocycles. The van der Waals surface area contributed by atoms with Crippen LogP contribution in [0.4, 0.5) is 23.0 Å². The molecule has 4 aromatic rings. The van der Waals surface area contributed by atoms with Crippen molar-refractivity contribution in [3.05, 3.63) is 107 Å². The van der Waals surface area contributed by atoms with E-state index in [0.717, 1.165) is 17.3 Å². The number of aromatic nitrogens is 2. The number of hydrogen-bond donors (Lipinski definition) is 0. The number of benzene rings is 3. The van der Waals surface area contributed by atoms with Gasteiger partial charge < -0.3 is 9.80 Å². The van der Waals surface area contributed by atoms with Crippen molar-refractivity contribution in [2.45, 2.75) is 84.7 Å². The number of nitrogens with zero attached hydrogens (tertiary/aromatic N) is 4.